The second-order valence-electron chi connectivity index (χ2n) is 22.2. The Balaban J connectivity index is 1.17. The molecule has 0 radical (unpaired) electrons. The number of rotatable bonds is 9. The van der Waals surface area contributed by atoms with E-state index in [-0.39, 0.29) is 57.0 Å². The van der Waals surface area contributed by atoms with Gasteiger partial charge in [0.25, 0.3) is 0 Å². The average Bonchev–Trinajstić information content (AvgIpc) is 3.65. The highest BCUT2D eigenvalue weighted by molar-refractivity contribution is 5.88. The zero-order chi connectivity index (χ0) is 41.2. The molecule has 56 heavy (non-hydrogen) atoms. The van der Waals surface area contributed by atoms with Crippen LogP contribution in [0, 0.1) is 67.0 Å². The standard InChI is InChI=1S/C50H72O6/c1-30(2)49(25-18-35-33(28-49)13-15-39-44(35,7)21-12-22-46(39,9)41(53)54)48(11,42(55)56)29-34(51)27-32(4)47(10)24-17-31(3)50(47)26-19-36-37(50)14-16-38-43(5,6)40(52)20-23-45(36,38)8/h28,32,35,38-39H,1,3,12-27,29H2,2,4-11H3,(H,53,54)(H,55,56)/t32-,35+,38+,39-,44-,45-,46-,47+,48-,49+,50+/m1/s1. The molecule has 308 valence electrons. The van der Waals surface area contributed by atoms with Crippen LogP contribution in [-0.2, 0) is 19.2 Å². The molecule has 0 aromatic carbocycles. The predicted molar refractivity (Wildman–Crippen MR) is 222 cm³/mol. The summed E-state index contributed by atoms with van der Waals surface area (Å²) in [7, 11) is 0. The minimum Gasteiger partial charge on any atom is -0.481 e. The van der Waals surface area contributed by atoms with Crippen LogP contribution in [0.2, 0.25) is 0 Å². The van der Waals surface area contributed by atoms with Crippen LogP contribution in [0.1, 0.15) is 171 Å². The normalized spacial score (nSPS) is 43.2. The van der Waals surface area contributed by atoms with E-state index in [2.05, 4.69) is 54.2 Å². The molecule has 0 bridgehead atoms. The van der Waals surface area contributed by atoms with Gasteiger partial charge in [0.15, 0.2) is 0 Å². The van der Waals surface area contributed by atoms with Crippen molar-refractivity contribution in [2.75, 3.05) is 0 Å². The zero-order valence-corrected chi connectivity index (χ0v) is 36.3. The van der Waals surface area contributed by atoms with Crippen molar-refractivity contribution in [3.8, 4) is 0 Å². The number of hydrogen-bond acceptors (Lipinski definition) is 4. The number of allylic oxidation sites excluding steroid dienone is 6. The summed E-state index contributed by atoms with van der Waals surface area (Å²) in [6, 6.07) is 0. The van der Waals surface area contributed by atoms with Gasteiger partial charge in [-0.2, -0.15) is 0 Å². The molecule has 0 heterocycles. The van der Waals surface area contributed by atoms with Crippen LogP contribution >= 0.6 is 0 Å². The highest BCUT2D eigenvalue weighted by Crippen LogP contribution is 2.74. The van der Waals surface area contributed by atoms with Crippen LogP contribution in [0.4, 0.5) is 0 Å². The number of aliphatic carboxylic acids is 2. The van der Waals surface area contributed by atoms with E-state index in [1.807, 2.05) is 13.8 Å². The van der Waals surface area contributed by atoms with Crippen LogP contribution in [-0.4, -0.2) is 33.7 Å². The first-order valence-corrected chi connectivity index (χ1v) is 22.2. The molecule has 4 fully saturated rings. The summed E-state index contributed by atoms with van der Waals surface area (Å²) in [5.41, 5.74) is 2.69. The zero-order valence-electron chi connectivity index (χ0n) is 36.3. The predicted octanol–water partition coefficient (Wildman–Crippen LogP) is 11.9. The topological polar surface area (TPSA) is 109 Å². The van der Waals surface area contributed by atoms with Gasteiger partial charge in [-0.05, 0) is 144 Å². The lowest BCUT2D eigenvalue weighted by atomic mass is 9.43. The summed E-state index contributed by atoms with van der Waals surface area (Å²) in [4.78, 5) is 54.0. The molecule has 7 aliphatic rings. The van der Waals surface area contributed by atoms with Crippen molar-refractivity contribution in [1.29, 1.82) is 0 Å². The summed E-state index contributed by atoms with van der Waals surface area (Å²) in [6.45, 7) is 28.6. The Morgan fingerprint density at radius 2 is 1.54 bits per heavy atom. The monoisotopic (exact) mass is 769 g/mol. The lowest BCUT2D eigenvalue weighted by Gasteiger charge is -2.60. The molecule has 0 aromatic rings. The van der Waals surface area contributed by atoms with Crippen LogP contribution < -0.4 is 0 Å². The largest absolute Gasteiger partial charge is 0.481 e. The Morgan fingerprint density at radius 3 is 2.18 bits per heavy atom. The van der Waals surface area contributed by atoms with Crippen LogP contribution in [0.15, 0.2) is 47.1 Å². The quantitative estimate of drug-likeness (QED) is 0.226. The molecule has 0 amide bonds. The first kappa shape index (κ1) is 41.4. The molecule has 6 heteroatoms. The number of carboxylic acids is 2. The molecule has 7 aliphatic carbocycles. The highest BCUT2D eigenvalue weighted by Gasteiger charge is 2.66. The fourth-order valence-corrected chi connectivity index (χ4v) is 16.3. The van der Waals surface area contributed by atoms with Gasteiger partial charge >= 0.3 is 11.9 Å². The Labute approximate surface area is 337 Å². The minimum absolute atomic E-state index is 0.00743. The van der Waals surface area contributed by atoms with E-state index >= 15 is 0 Å². The fraction of sp³-hybridized carbons (Fsp3) is 0.760. The highest BCUT2D eigenvalue weighted by atomic mass is 16.4. The van der Waals surface area contributed by atoms with Gasteiger partial charge < -0.3 is 10.2 Å². The summed E-state index contributed by atoms with van der Waals surface area (Å²) >= 11 is 0. The molecular weight excluding hydrogens is 697 g/mol. The Morgan fingerprint density at radius 1 is 0.857 bits per heavy atom. The summed E-state index contributed by atoms with van der Waals surface area (Å²) < 4.78 is 0. The van der Waals surface area contributed by atoms with Crippen molar-refractivity contribution >= 4 is 23.5 Å². The van der Waals surface area contributed by atoms with Crippen molar-refractivity contribution in [2.24, 2.45) is 67.0 Å². The Hall–Kier alpha value is -2.76. The molecule has 0 saturated heterocycles. The maximum Gasteiger partial charge on any atom is 0.311 e. The minimum atomic E-state index is -1.37. The molecule has 2 N–H and O–H groups in total. The van der Waals surface area contributed by atoms with Crippen LogP contribution in [0.3, 0.4) is 0 Å². The lowest BCUT2D eigenvalue weighted by Crippen LogP contribution is -2.56. The van der Waals surface area contributed by atoms with Crippen molar-refractivity contribution in [3.05, 3.63) is 47.1 Å². The van der Waals surface area contributed by atoms with E-state index in [0.717, 1.165) is 82.6 Å². The van der Waals surface area contributed by atoms with Crippen molar-refractivity contribution in [2.45, 2.75) is 171 Å². The molecule has 0 unspecified atom stereocenters. The van der Waals surface area contributed by atoms with Gasteiger partial charge in [-0.25, -0.2) is 0 Å². The summed E-state index contributed by atoms with van der Waals surface area (Å²) in [5, 5.41) is 21.5. The van der Waals surface area contributed by atoms with Crippen molar-refractivity contribution in [1.82, 2.24) is 0 Å². The molecule has 1 spiro atoms. The molecule has 0 aromatic heterocycles. The first-order chi connectivity index (χ1) is 25.9. The van der Waals surface area contributed by atoms with E-state index in [4.69, 9.17) is 6.58 Å². The van der Waals surface area contributed by atoms with Gasteiger partial charge in [0, 0.05) is 35.5 Å². The van der Waals surface area contributed by atoms with Crippen LogP contribution in [0.5, 0.6) is 0 Å². The van der Waals surface area contributed by atoms with Crippen LogP contribution in [0.25, 0.3) is 0 Å². The van der Waals surface area contributed by atoms with E-state index in [9.17, 15) is 29.4 Å². The van der Waals surface area contributed by atoms with E-state index < -0.39 is 28.2 Å². The number of ketones is 2. The van der Waals surface area contributed by atoms with Gasteiger partial charge in [0.2, 0.25) is 0 Å². The average molecular weight is 769 g/mol. The van der Waals surface area contributed by atoms with Crippen molar-refractivity contribution < 1.29 is 29.4 Å². The second-order valence-corrected chi connectivity index (χ2v) is 22.2. The number of carbonyl (C=O) groups is 4. The number of carboxylic acid groups (broad SMARTS) is 2. The maximum atomic E-state index is 14.6. The van der Waals surface area contributed by atoms with Gasteiger partial charge in [-0.1, -0.05) is 95.1 Å². The van der Waals surface area contributed by atoms with Gasteiger partial charge in [0.05, 0.1) is 10.8 Å². The third kappa shape index (κ3) is 5.23. The maximum absolute atomic E-state index is 14.6. The second kappa shape index (κ2) is 13.1. The number of hydrogen-bond donors (Lipinski definition) is 2. The number of fused-ring (bicyclic) bond motifs is 6. The molecule has 6 nitrogen and oxygen atoms in total. The Kier molecular flexibility index (Phi) is 9.70. The molecule has 11 atom stereocenters. The van der Waals surface area contributed by atoms with Gasteiger partial charge in [-0.3, -0.25) is 19.2 Å². The Bertz CT molecular complexity index is 1850. The molecular formula is C50H72O6. The summed E-state index contributed by atoms with van der Waals surface area (Å²) in [5.74, 6) is -0.575. The first-order valence-electron chi connectivity index (χ1n) is 22.2. The molecule has 4 saturated carbocycles. The van der Waals surface area contributed by atoms with Crippen molar-refractivity contribution in [3.63, 3.8) is 0 Å². The van der Waals surface area contributed by atoms with E-state index in [0.29, 0.717) is 37.4 Å². The van der Waals surface area contributed by atoms with E-state index in [1.54, 1.807) is 18.1 Å². The van der Waals surface area contributed by atoms with E-state index in [1.165, 1.54) is 11.1 Å². The van der Waals surface area contributed by atoms with Gasteiger partial charge in [0.1, 0.15) is 11.6 Å². The lowest BCUT2D eigenvalue weighted by molar-refractivity contribution is -0.166. The SMILES string of the molecule is C=C1CC[C@@](C)([C@H](C)CC(=O)C[C@](C)(C(=O)O)[C@]2(C(=C)C)C=C3CC[C@@H]4[C@](C)(CCC[C@@]4(C)C(=O)O)[C@H]3CC2)[C@@]12CCC1=C2CC[C@H]2C(C)(C)C(=O)CC[C@]12C. The number of Topliss-reactive ketones (excluding diaryl/α,β-unsaturated/α-hetero) is 2. The number of carbonyl (C=O) groups excluding carboxylic acids is 2. The fourth-order valence-electron chi connectivity index (χ4n) is 16.3. The summed E-state index contributed by atoms with van der Waals surface area (Å²) in [6.07, 6.45) is 15.5. The molecule has 7 rings (SSSR count). The van der Waals surface area contributed by atoms with Gasteiger partial charge in [-0.15, -0.1) is 0 Å². The third-order valence-corrected chi connectivity index (χ3v) is 19.8. The molecule has 0 aliphatic heterocycles. The smallest absolute Gasteiger partial charge is 0.311 e. The third-order valence-electron chi connectivity index (χ3n) is 19.8.